The summed E-state index contributed by atoms with van der Waals surface area (Å²) >= 11 is 0. The van der Waals surface area contributed by atoms with Crippen molar-refractivity contribution in [2.75, 3.05) is 6.54 Å². The lowest BCUT2D eigenvalue weighted by molar-refractivity contribution is -0.139. The normalized spacial score (nSPS) is 16.2. The summed E-state index contributed by atoms with van der Waals surface area (Å²) in [6.07, 6.45) is 6.61. The number of urea groups is 1. The molecule has 0 atom stereocenters. The summed E-state index contributed by atoms with van der Waals surface area (Å²) in [5.74, 6) is 0.0206. The molecule has 0 aromatic carbocycles. The van der Waals surface area contributed by atoms with Crippen LogP contribution in [0.15, 0.2) is 12.4 Å². The largest absolute Gasteiger partial charge is 0.481 e. The standard InChI is InChI=1S/C13H20N4O3/c1-17-8-7-14-10(17)3-6-15-12(20)16-13(4-2-5-13)9-11(18)19/h7-8H,2-6,9H2,1H3,(H,18,19)(H2,15,16,20). The second kappa shape index (κ2) is 5.94. The van der Waals surface area contributed by atoms with Gasteiger partial charge in [-0.3, -0.25) is 4.79 Å². The summed E-state index contributed by atoms with van der Waals surface area (Å²) in [4.78, 5) is 26.8. The van der Waals surface area contributed by atoms with Gasteiger partial charge in [0.25, 0.3) is 0 Å². The first-order chi connectivity index (χ1) is 9.51. The molecular weight excluding hydrogens is 260 g/mol. The van der Waals surface area contributed by atoms with Crippen LogP contribution in [0.5, 0.6) is 0 Å². The molecule has 1 aliphatic rings. The van der Waals surface area contributed by atoms with E-state index in [2.05, 4.69) is 15.6 Å². The molecule has 1 aromatic heterocycles. The van der Waals surface area contributed by atoms with E-state index in [0.717, 1.165) is 25.1 Å². The predicted octanol–water partition coefficient (Wildman–Crippen LogP) is 0.659. The lowest BCUT2D eigenvalue weighted by Gasteiger charge is -2.41. The number of imidazole rings is 1. The molecule has 3 N–H and O–H groups in total. The Labute approximate surface area is 117 Å². The zero-order chi connectivity index (χ0) is 14.6. The van der Waals surface area contributed by atoms with Gasteiger partial charge in [-0.25, -0.2) is 9.78 Å². The van der Waals surface area contributed by atoms with Gasteiger partial charge in [0.05, 0.1) is 12.0 Å². The zero-order valence-electron chi connectivity index (χ0n) is 11.6. The van der Waals surface area contributed by atoms with Gasteiger partial charge in [0.2, 0.25) is 0 Å². The van der Waals surface area contributed by atoms with Crippen LogP contribution in [0.2, 0.25) is 0 Å². The van der Waals surface area contributed by atoms with Crippen molar-refractivity contribution in [1.82, 2.24) is 20.2 Å². The van der Waals surface area contributed by atoms with E-state index in [-0.39, 0.29) is 12.5 Å². The SMILES string of the molecule is Cn1ccnc1CCNC(=O)NC1(CC(=O)O)CCC1. The molecule has 0 spiro atoms. The number of aryl methyl sites for hydroxylation is 1. The van der Waals surface area contributed by atoms with Gasteiger partial charge < -0.3 is 20.3 Å². The van der Waals surface area contributed by atoms with Crippen molar-refractivity contribution in [3.63, 3.8) is 0 Å². The summed E-state index contributed by atoms with van der Waals surface area (Å²) in [6, 6.07) is -0.305. The Morgan fingerprint density at radius 2 is 2.25 bits per heavy atom. The fraction of sp³-hybridized carbons (Fsp3) is 0.615. The molecule has 1 aliphatic carbocycles. The van der Waals surface area contributed by atoms with E-state index >= 15 is 0 Å². The molecule has 1 saturated carbocycles. The lowest BCUT2D eigenvalue weighted by atomic mass is 9.74. The highest BCUT2D eigenvalue weighted by Crippen LogP contribution is 2.34. The molecule has 110 valence electrons. The van der Waals surface area contributed by atoms with Crippen molar-refractivity contribution in [3.05, 3.63) is 18.2 Å². The minimum atomic E-state index is -0.877. The third-order valence-electron chi connectivity index (χ3n) is 3.73. The third kappa shape index (κ3) is 3.49. The van der Waals surface area contributed by atoms with Crippen molar-refractivity contribution in [3.8, 4) is 0 Å². The molecule has 7 heteroatoms. The number of nitrogens with one attached hydrogen (secondary N) is 2. The van der Waals surface area contributed by atoms with Gasteiger partial charge in [-0.1, -0.05) is 0 Å². The number of carboxylic acid groups (broad SMARTS) is 1. The van der Waals surface area contributed by atoms with Crippen LogP contribution in [0.25, 0.3) is 0 Å². The summed E-state index contributed by atoms with van der Waals surface area (Å²) in [6.45, 7) is 0.472. The van der Waals surface area contributed by atoms with Gasteiger partial charge in [-0.05, 0) is 19.3 Å². The first kappa shape index (κ1) is 14.4. The maximum atomic E-state index is 11.8. The number of aromatic nitrogens is 2. The van der Waals surface area contributed by atoms with E-state index in [4.69, 9.17) is 5.11 Å². The topological polar surface area (TPSA) is 96.3 Å². The number of aliphatic carboxylic acids is 1. The summed E-state index contributed by atoms with van der Waals surface area (Å²) in [5.41, 5.74) is -0.556. The lowest BCUT2D eigenvalue weighted by Crippen LogP contribution is -2.57. The maximum absolute atomic E-state index is 11.8. The van der Waals surface area contributed by atoms with Gasteiger partial charge in [-0.2, -0.15) is 0 Å². The Morgan fingerprint density at radius 1 is 1.50 bits per heavy atom. The number of carbonyl (C=O) groups excluding carboxylic acids is 1. The number of rotatable bonds is 6. The summed E-state index contributed by atoms with van der Waals surface area (Å²) in [5, 5.41) is 14.4. The Balaban J connectivity index is 1.75. The second-order valence-electron chi connectivity index (χ2n) is 5.29. The molecule has 1 heterocycles. The molecule has 1 aromatic rings. The number of hydrogen-bond acceptors (Lipinski definition) is 3. The second-order valence-corrected chi connectivity index (χ2v) is 5.29. The minimum absolute atomic E-state index is 0.0141. The molecule has 1 fully saturated rings. The van der Waals surface area contributed by atoms with Crippen LogP contribution in [0.4, 0.5) is 4.79 Å². The van der Waals surface area contributed by atoms with Gasteiger partial charge in [0.15, 0.2) is 0 Å². The van der Waals surface area contributed by atoms with Gasteiger partial charge in [0, 0.05) is 32.4 Å². The molecule has 0 aliphatic heterocycles. The van der Waals surface area contributed by atoms with Crippen molar-refractivity contribution in [2.24, 2.45) is 7.05 Å². The van der Waals surface area contributed by atoms with E-state index in [1.54, 1.807) is 6.20 Å². The van der Waals surface area contributed by atoms with E-state index in [9.17, 15) is 9.59 Å². The van der Waals surface area contributed by atoms with E-state index in [1.165, 1.54) is 0 Å². The molecule has 20 heavy (non-hydrogen) atoms. The average Bonchev–Trinajstić information content (AvgIpc) is 2.72. The van der Waals surface area contributed by atoms with E-state index in [1.807, 2.05) is 17.8 Å². The molecule has 0 radical (unpaired) electrons. The molecular formula is C13H20N4O3. The smallest absolute Gasteiger partial charge is 0.315 e. The van der Waals surface area contributed by atoms with Crippen LogP contribution >= 0.6 is 0 Å². The van der Waals surface area contributed by atoms with Crippen LogP contribution in [-0.4, -0.2) is 38.7 Å². The molecule has 2 amide bonds. The molecule has 2 rings (SSSR count). The van der Waals surface area contributed by atoms with E-state index < -0.39 is 11.5 Å². The van der Waals surface area contributed by atoms with Gasteiger partial charge >= 0.3 is 12.0 Å². The van der Waals surface area contributed by atoms with Crippen LogP contribution in [0.1, 0.15) is 31.5 Å². The van der Waals surface area contributed by atoms with Crippen molar-refractivity contribution < 1.29 is 14.7 Å². The van der Waals surface area contributed by atoms with Gasteiger partial charge in [0.1, 0.15) is 5.82 Å². The third-order valence-corrected chi connectivity index (χ3v) is 3.73. The number of nitrogens with zero attached hydrogens (tertiary/aromatic N) is 2. The summed E-state index contributed by atoms with van der Waals surface area (Å²) in [7, 11) is 1.90. The maximum Gasteiger partial charge on any atom is 0.315 e. The molecule has 7 nitrogen and oxygen atoms in total. The Morgan fingerprint density at radius 3 is 2.75 bits per heavy atom. The number of amides is 2. The molecule has 0 unspecified atom stereocenters. The summed E-state index contributed by atoms with van der Waals surface area (Å²) < 4.78 is 1.90. The van der Waals surface area contributed by atoms with E-state index in [0.29, 0.717) is 13.0 Å². The highest BCUT2D eigenvalue weighted by Gasteiger charge is 2.40. The minimum Gasteiger partial charge on any atom is -0.481 e. The average molecular weight is 280 g/mol. The van der Waals surface area contributed by atoms with Crippen LogP contribution in [-0.2, 0) is 18.3 Å². The number of carbonyl (C=O) groups is 2. The zero-order valence-corrected chi connectivity index (χ0v) is 11.6. The van der Waals surface area contributed by atoms with Crippen molar-refractivity contribution >= 4 is 12.0 Å². The molecule has 0 saturated heterocycles. The Kier molecular flexibility index (Phi) is 4.26. The van der Waals surface area contributed by atoms with Gasteiger partial charge in [-0.15, -0.1) is 0 Å². The van der Waals surface area contributed by atoms with Crippen LogP contribution in [0.3, 0.4) is 0 Å². The Bertz CT molecular complexity index is 494. The van der Waals surface area contributed by atoms with Crippen molar-refractivity contribution in [2.45, 2.75) is 37.6 Å². The monoisotopic (exact) mass is 280 g/mol. The highest BCUT2D eigenvalue weighted by molar-refractivity contribution is 5.77. The molecule has 0 bridgehead atoms. The number of hydrogen-bond donors (Lipinski definition) is 3. The van der Waals surface area contributed by atoms with Crippen LogP contribution < -0.4 is 10.6 Å². The quantitative estimate of drug-likeness (QED) is 0.713. The Hall–Kier alpha value is -2.05. The first-order valence-corrected chi connectivity index (χ1v) is 6.75. The highest BCUT2D eigenvalue weighted by atomic mass is 16.4. The van der Waals surface area contributed by atoms with Crippen molar-refractivity contribution in [1.29, 1.82) is 0 Å². The fourth-order valence-corrected chi connectivity index (χ4v) is 2.45. The predicted molar refractivity (Wildman–Crippen MR) is 72.3 cm³/mol. The van der Waals surface area contributed by atoms with Crippen LogP contribution in [0, 0.1) is 0 Å². The fourth-order valence-electron chi connectivity index (χ4n) is 2.45. The first-order valence-electron chi connectivity index (χ1n) is 6.75. The number of carboxylic acids is 1.